The van der Waals surface area contributed by atoms with Gasteiger partial charge in [0.25, 0.3) is 15.1 Å². The maximum Gasteiger partial charge on any atom is 0.266 e. The Morgan fingerprint density at radius 1 is 1.22 bits per heavy atom. The monoisotopic (exact) mass is 406 g/mol. The summed E-state index contributed by atoms with van der Waals surface area (Å²) in [6.07, 6.45) is 3.17. The van der Waals surface area contributed by atoms with Crippen molar-refractivity contribution in [3.8, 4) is 0 Å². The van der Waals surface area contributed by atoms with Gasteiger partial charge in [0, 0.05) is 12.8 Å². The van der Waals surface area contributed by atoms with Crippen molar-refractivity contribution in [1.29, 1.82) is 0 Å². The highest BCUT2D eigenvalue weighted by molar-refractivity contribution is 7.85. The van der Waals surface area contributed by atoms with Gasteiger partial charge in [0.2, 0.25) is 5.52 Å². The second kappa shape index (κ2) is 8.37. The fourth-order valence-corrected chi connectivity index (χ4v) is 4.83. The van der Waals surface area contributed by atoms with Crippen LogP contribution in [-0.4, -0.2) is 25.3 Å². The van der Waals surface area contributed by atoms with Gasteiger partial charge in [0.15, 0.2) is 6.54 Å². The lowest BCUT2D eigenvalue weighted by atomic mass is 10.1. The standard InChI is InChI=1S/C20H23NO4S2/c1-3-16(25-4-2)14-19-21(12-7-13-27(22,23)24)20-17-9-6-5-8-15(17)10-11-18(20)26-19/h5-6,8-11,14H,3-4,7,12-13H2,1-2H3/p+1/b16-14-. The van der Waals surface area contributed by atoms with E-state index in [9.17, 15) is 8.42 Å². The van der Waals surface area contributed by atoms with Gasteiger partial charge in [-0.05, 0) is 24.4 Å². The summed E-state index contributed by atoms with van der Waals surface area (Å²) in [4.78, 5) is 0. The molecule has 0 radical (unpaired) electrons. The number of fused-ring (bicyclic) bond motifs is 3. The molecule has 3 aromatic rings. The zero-order valence-corrected chi connectivity index (χ0v) is 17.1. The van der Waals surface area contributed by atoms with Gasteiger partial charge in [-0.3, -0.25) is 4.55 Å². The molecule has 7 heteroatoms. The Morgan fingerprint density at radius 3 is 2.70 bits per heavy atom. The van der Waals surface area contributed by atoms with E-state index in [2.05, 4.69) is 28.8 Å². The van der Waals surface area contributed by atoms with Crippen molar-refractivity contribution < 1.29 is 22.3 Å². The molecule has 1 heterocycles. The summed E-state index contributed by atoms with van der Waals surface area (Å²) in [5.41, 5.74) is 1.09. The average molecular weight is 407 g/mol. The van der Waals surface area contributed by atoms with Crippen molar-refractivity contribution in [2.75, 3.05) is 12.4 Å². The van der Waals surface area contributed by atoms with E-state index in [-0.39, 0.29) is 5.75 Å². The van der Waals surface area contributed by atoms with Crippen LogP contribution in [-0.2, 0) is 21.4 Å². The molecule has 0 saturated carbocycles. The summed E-state index contributed by atoms with van der Waals surface area (Å²) in [7, 11) is -3.97. The highest BCUT2D eigenvalue weighted by atomic mass is 32.2. The van der Waals surface area contributed by atoms with Crippen molar-refractivity contribution in [2.24, 2.45) is 0 Å². The minimum Gasteiger partial charge on any atom is -0.498 e. The highest BCUT2D eigenvalue weighted by Crippen LogP contribution is 2.29. The fourth-order valence-electron chi connectivity index (χ4n) is 3.18. The van der Waals surface area contributed by atoms with Gasteiger partial charge in [0.1, 0.15) is 10.5 Å². The van der Waals surface area contributed by atoms with Gasteiger partial charge in [-0.25, -0.2) is 0 Å². The predicted octanol–water partition coefficient (Wildman–Crippen LogP) is 4.41. The van der Waals surface area contributed by atoms with Crippen LogP contribution < -0.4 is 4.57 Å². The molecule has 0 bridgehead atoms. The molecule has 144 valence electrons. The normalized spacial score (nSPS) is 12.8. The third kappa shape index (κ3) is 4.66. The van der Waals surface area contributed by atoms with Crippen LogP contribution in [0.4, 0.5) is 0 Å². The van der Waals surface area contributed by atoms with E-state index in [1.54, 1.807) is 11.3 Å². The maximum absolute atomic E-state index is 11.1. The Hall–Kier alpha value is -1.96. The van der Waals surface area contributed by atoms with Crippen LogP contribution in [0, 0.1) is 0 Å². The Balaban J connectivity index is 2.15. The van der Waals surface area contributed by atoms with Gasteiger partial charge in [0.05, 0.1) is 23.8 Å². The molecular formula is C20H24NO4S2+. The molecule has 1 N–H and O–H groups in total. The lowest BCUT2D eigenvalue weighted by Crippen LogP contribution is -2.36. The Labute approximate surface area is 163 Å². The van der Waals surface area contributed by atoms with Crippen molar-refractivity contribution in [1.82, 2.24) is 0 Å². The summed E-state index contributed by atoms with van der Waals surface area (Å²) >= 11 is 1.66. The Bertz CT molecular complexity index is 1080. The molecule has 0 saturated heterocycles. The van der Waals surface area contributed by atoms with Crippen LogP contribution in [0.5, 0.6) is 0 Å². The van der Waals surface area contributed by atoms with E-state index in [0.717, 1.165) is 38.2 Å². The first-order valence-electron chi connectivity index (χ1n) is 9.05. The summed E-state index contributed by atoms with van der Waals surface area (Å²) < 4.78 is 40.4. The number of allylic oxidation sites excluding steroid dienone is 1. The van der Waals surface area contributed by atoms with Gasteiger partial charge < -0.3 is 4.74 Å². The van der Waals surface area contributed by atoms with Crippen LogP contribution in [0.1, 0.15) is 31.7 Å². The van der Waals surface area contributed by atoms with Gasteiger partial charge >= 0.3 is 0 Å². The maximum atomic E-state index is 11.1. The molecule has 0 spiro atoms. The molecular weight excluding hydrogens is 382 g/mol. The van der Waals surface area contributed by atoms with Crippen LogP contribution in [0.25, 0.3) is 27.1 Å². The predicted molar refractivity (Wildman–Crippen MR) is 110 cm³/mol. The number of hydrogen-bond donors (Lipinski definition) is 1. The number of thiazole rings is 1. The molecule has 3 rings (SSSR count). The Kier molecular flexibility index (Phi) is 6.14. The van der Waals surface area contributed by atoms with Crippen LogP contribution in [0.2, 0.25) is 0 Å². The van der Waals surface area contributed by atoms with E-state index < -0.39 is 10.1 Å². The number of benzene rings is 2. The highest BCUT2D eigenvalue weighted by Gasteiger charge is 2.22. The van der Waals surface area contributed by atoms with Crippen LogP contribution in [0.3, 0.4) is 0 Å². The molecule has 0 amide bonds. The Morgan fingerprint density at radius 2 is 2.00 bits per heavy atom. The van der Waals surface area contributed by atoms with Crippen molar-refractivity contribution >= 4 is 48.5 Å². The minimum atomic E-state index is -3.97. The molecule has 0 atom stereocenters. The van der Waals surface area contributed by atoms with E-state index in [1.165, 1.54) is 0 Å². The summed E-state index contributed by atoms with van der Waals surface area (Å²) in [6, 6.07) is 12.4. The first-order valence-corrected chi connectivity index (χ1v) is 11.5. The summed E-state index contributed by atoms with van der Waals surface area (Å²) in [6.45, 7) is 5.12. The summed E-state index contributed by atoms with van der Waals surface area (Å²) in [5.74, 6) is 0.647. The van der Waals surface area contributed by atoms with Gasteiger partial charge in [-0.2, -0.15) is 13.0 Å². The number of nitrogens with zero attached hydrogens (tertiary/aromatic N) is 1. The third-order valence-corrected chi connectivity index (χ3v) is 6.26. The van der Waals surface area contributed by atoms with Crippen molar-refractivity contribution in [3.63, 3.8) is 0 Å². The molecule has 1 aromatic heterocycles. The third-order valence-electron chi connectivity index (χ3n) is 4.36. The molecule has 2 aromatic carbocycles. The van der Waals surface area contributed by atoms with E-state index in [1.807, 2.05) is 32.1 Å². The minimum absolute atomic E-state index is 0.253. The summed E-state index contributed by atoms with van der Waals surface area (Å²) in [5, 5.41) is 3.29. The zero-order valence-electron chi connectivity index (χ0n) is 15.5. The fraction of sp³-hybridized carbons (Fsp3) is 0.350. The lowest BCUT2D eigenvalue weighted by Gasteiger charge is -2.04. The van der Waals surface area contributed by atoms with E-state index in [0.29, 0.717) is 19.6 Å². The number of ether oxygens (including phenoxy) is 1. The molecule has 5 nitrogen and oxygen atoms in total. The van der Waals surface area contributed by atoms with Gasteiger partial charge in [-0.1, -0.05) is 42.5 Å². The number of rotatable bonds is 8. The zero-order chi connectivity index (χ0) is 19.4. The first-order chi connectivity index (χ1) is 12.9. The van der Waals surface area contributed by atoms with Crippen molar-refractivity contribution in [3.05, 3.63) is 47.2 Å². The first kappa shape index (κ1) is 19.8. The quantitative estimate of drug-likeness (QED) is 0.342. The lowest BCUT2D eigenvalue weighted by molar-refractivity contribution is -0.667. The number of aromatic nitrogens is 1. The largest absolute Gasteiger partial charge is 0.498 e. The van der Waals surface area contributed by atoms with E-state index in [4.69, 9.17) is 9.29 Å². The topological polar surface area (TPSA) is 67.5 Å². The number of hydrogen-bond acceptors (Lipinski definition) is 4. The number of aryl methyl sites for hydroxylation is 1. The van der Waals surface area contributed by atoms with Gasteiger partial charge in [-0.15, -0.1) is 0 Å². The molecule has 0 unspecified atom stereocenters. The van der Waals surface area contributed by atoms with Crippen LogP contribution >= 0.6 is 11.3 Å². The molecule has 0 fully saturated rings. The average Bonchev–Trinajstić information content (AvgIpc) is 2.98. The molecule has 27 heavy (non-hydrogen) atoms. The molecule has 0 aliphatic carbocycles. The SMILES string of the molecule is CCO/C(=C\c1sc2ccc3ccccc3c2[n+]1CCCS(=O)(=O)O)CC. The van der Waals surface area contributed by atoms with Crippen LogP contribution in [0.15, 0.2) is 42.2 Å². The second-order valence-corrected chi connectivity index (χ2v) is 8.90. The molecule has 0 aliphatic rings. The van der Waals surface area contributed by atoms with E-state index >= 15 is 0 Å². The molecule has 0 aliphatic heterocycles. The second-order valence-electron chi connectivity index (χ2n) is 6.26. The smallest absolute Gasteiger partial charge is 0.266 e. The van der Waals surface area contributed by atoms with Crippen molar-refractivity contribution in [2.45, 2.75) is 33.2 Å².